The Hall–Kier alpha value is -3.38. The third-order valence-corrected chi connectivity index (χ3v) is 6.74. The molecule has 12 heteroatoms. The predicted octanol–water partition coefficient (Wildman–Crippen LogP) is 1.14. The van der Waals surface area contributed by atoms with Crippen molar-refractivity contribution in [1.82, 2.24) is 5.32 Å². The molecule has 0 atom stereocenters. The first kappa shape index (κ1) is 19.0. The summed E-state index contributed by atoms with van der Waals surface area (Å²) in [4.78, 5) is 26.5. The molecular weight excluding hydrogens is 422 g/mol. The first-order valence-electron chi connectivity index (χ1n) is 8.15. The van der Waals surface area contributed by atoms with Crippen LogP contribution in [0.1, 0.15) is 5.56 Å². The number of fused-ring (bicyclic) bond motifs is 1. The smallest absolute Gasteiger partial charge is 0.276 e. The van der Waals surface area contributed by atoms with Gasteiger partial charge in [-0.3, -0.25) is 24.6 Å². The summed E-state index contributed by atoms with van der Waals surface area (Å²) in [5, 5.41) is 14.1. The molecule has 0 aliphatic carbocycles. The van der Waals surface area contributed by atoms with Crippen LogP contribution in [0.5, 0.6) is 17.2 Å². The van der Waals surface area contributed by atoms with Gasteiger partial charge < -0.3 is 14.6 Å². The van der Waals surface area contributed by atoms with Crippen LogP contribution in [0.25, 0.3) is 0 Å². The van der Waals surface area contributed by atoms with Gasteiger partial charge in [-0.1, -0.05) is 6.07 Å². The molecule has 0 spiro atoms. The number of anilines is 1. The molecule has 4 rings (SSSR count). The van der Waals surface area contributed by atoms with E-state index in [-0.39, 0.29) is 51.6 Å². The fourth-order valence-electron chi connectivity index (χ4n) is 2.69. The lowest BCUT2D eigenvalue weighted by Crippen LogP contribution is -2.21. The van der Waals surface area contributed by atoms with E-state index >= 15 is 0 Å². The molecule has 0 fully saturated rings. The van der Waals surface area contributed by atoms with Gasteiger partial charge >= 0.3 is 0 Å². The highest BCUT2D eigenvalue weighted by Gasteiger charge is 2.28. The molecule has 2 aromatic rings. The minimum absolute atomic E-state index is 0.00721. The lowest BCUT2D eigenvalue weighted by atomic mass is 10.1. The number of phenolic OH excluding ortho intramolecular Hbond substituents is 1. The first-order chi connectivity index (χ1) is 13.8. The molecule has 1 aromatic carbocycles. The third kappa shape index (κ3) is 3.67. The first-order valence-corrected chi connectivity index (χ1v) is 10.5. The van der Waals surface area contributed by atoms with Gasteiger partial charge in [0.15, 0.2) is 11.5 Å². The maximum atomic E-state index is 12.5. The van der Waals surface area contributed by atoms with Gasteiger partial charge in [0.1, 0.15) is 9.91 Å². The van der Waals surface area contributed by atoms with E-state index < -0.39 is 21.8 Å². The number of nitrogens with one attached hydrogen (secondary N) is 2. The van der Waals surface area contributed by atoms with Crippen LogP contribution in [-0.4, -0.2) is 38.3 Å². The average molecular weight is 435 g/mol. The van der Waals surface area contributed by atoms with Gasteiger partial charge in [-0.2, -0.15) is 0 Å². The number of phenols is 1. The number of imide groups is 1. The number of hydrogen-bond donors (Lipinski definition) is 3. The number of thiophene rings is 1. The van der Waals surface area contributed by atoms with Crippen LogP contribution in [0, 0.1) is 0 Å². The minimum atomic E-state index is -3.85. The number of hydrogen-bond acceptors (Lipinski definition) is 9. The molecule has 0 saturated heterocycles. The number of carbonyl (C=O) groups excluding carboxylic acids is 2. The number of carbonyl (C=O) groups is 2. The van der Waals surface area contributed by atoms with Crippen molar-refractivity contribution in [2.24, 2.45) is 4.99 Å². The predicted molar refractivity (Wildman–Crippen MR) is 103 cm³/mol. The number of aliphatic imine (C=N–C) groups is 1. The van der Waals surface area contributed by atoms with Crippen molar-refractivity contribution in [3.05, 3.63) is 40.9 Å². The van der Waals surface area contributed by atoms with E-state index in [0.717, 1.165) is 17.4 Å². The van der Waals surface area contributed by atoms with E-state index in [9.17, 15) is 23.1 Å². The summed E-state index contributed by atoms with van der Waals surface area (Å²) in [5.41, 5.74) is 0.321. The van der Waals surface area contributed by atoms with Crippen LogP contribution in [0.15, 0.2) is 44.6 Å². The van der Waals surface area contributed by atoms with Gasteiger partial charge in [0, 0.05) is 24.3 Å². The Morgan fingerprint density at radius 3 is 2.79 bits per heavy atom. The third-order valence-electron chi connectivity index (χ3n) is 3.98. The van der Waals surface area contributed by atoms with Crippen molar-refractivity contribution in [1.29, 1.82) is 0 Å². The standard InChI is InChI=1S/C17H13N3O7S2/c21-12-7-11(17(23)19-12)18-4-3-9-6-10(15-16(14(9)22)27-8-26-15)20-29(24,25)13-2-1-5-28-13/h1-2,4-7,20,22H,3,8H2,(H,19,21,23)/b18-4+. The fraction of sp³-hybridized carbons (Fsp3) is 0.118. The molecule has 0 bridgehead atoms. The van der Waals surface area contributed by atoms with E-state index in [1.807, 2.05) is 0 Å². The zero-order chi connectivity index (χ0) is 20.6. The molecule has 2 amide bonds. The quantitative estimate of drug-likeness (QED) is 0.351. The van der Waals surface area contributed by atoms with Crippen molar-refractivity contribution in [3.8, 4) is 17.2 Å². The van der Waals surface area contributed by atoms with Crippen molar-refractivity contribution in [2.45, 2.75) is 10.6 Å². The Morgan fingerprint density at radius 1 is 1.31 bits per heavy atom. The minimum Gasteiger partial charge on any atom is -0.504 e. The Bertz CT molecular complexity index is 1170. The van der Waals surface area contributed by atoms with E-state index in [1.165, 1.54) is 18.3 Å². The number of benzene rings is 1. The summed E-state index contributed by atoms with van der Waals surface area (Å²) in [6.45, 7) is -0.177. The van der Waals surface area contributed by atoms with Crippen LogP contribution in [0.3, 0.4) is 0 Å². The SMILES string of the molecule is O=C1C=C(/N=C/Cc2cc(NS(=O)(=O)c3cccs3)c3c(c2O)OCO3)C(=O)N1. The fourth-order valence-corrected chi connectivity index (χ4v) is 4.74. The number of aromatic hydroxyl groups is 1. The van der Waals surface area contributed by atoms with E-state index in [2.05, 4.69) is 15.0 Å². The lowest BCUT2D eigenvalue weighted by molar-refractivity contribution is -0.123. The van der Waals surface area contributed by atoms with Gasteiger partial charge in [0.05, 0.1) is 5.69 Å². The molecule has 10 nitrogen and oxygen atoms in total. The summed E-state index contributed by atoms with van der Waals surface area (Å²) in [7, 11) is -3.85. The second kappa shape index (κ2) is 7.22. The van der Waals surface area contributed by atoms with E-state index in [1.54, 1.807) is 11.4 Å². The summed E-state index contributed by atoms with van der Waals surface area (Å²) in [6.07, 6.45) is 2.41. The zero-order valence-corrected chi connectivity index (χ0v) is 16.2. The van der Waals surface area contributed by atoms with Crippen molar-refractivity contribution < 1.29 is 32.6 Å². The Kier molecular flexibility index (Phi) is 4.72. The van der Waals surface area contributed by atoms with Crippen molar-refractivity contribution >= 4 is 45.1 Å². The Balaban J connectivity index is 1.64. The van der Waals surface area contributed by atoms with E-state index in [0.29, 0.717) is 0 Å². The van der Waals surface area contributed by atoms with E-state index in [4.69, 9.17) is 9.47 Å². The largest absolute Gasteiger partial charge is 0.504 e. The highest BCUT2D eigenvalue weighted by atomic mass is 32.2. The monoisotopic (exact) mass is 435 g/mol. The normalized spacial score (nSPS) is 15.7. The summed E-state index contributed by atoms with van der Waals surface area (Å²) in [6, 6.07) is 4.47. The molecule has 2 aliphatic rings. The van der Waals surface area contributed by atoms with Crippen LogP contribution in [0.2, 0.25) is 0 Å². The lowest BCUT2D eigenvalue weighted by Gasteiger charge is -2.12. The molecule has 0 saturated carbocycles. The van der Waals surface area contributed by atoms with Crippen LogP contribution in [-0.2, 0) is 26.0 Å². The van der Waals surface area contributed by atoms with Crippen LogP contribution >= 0.6 is 11.3 Å². The molecule has 0 radical (unpaired) electrons. The molecule has 2 aliphatic heterocycles. The van der Waals surface area contributed by atoms with Gasteiger partial charge in [-0.05, 0) is 17.5 Å². The van der Waals surface area contributed by atoms with Crippen LogP contribution < -0.4 is 19.5 Å². The summed E-state index contributed by atoms with van der Waals surface area (Å²) < 4.78 is 38.2. The van der Waals surface area contributed by atoms with Gasteiger partial charge in [-0.25, -0.2) is 8.42 Å². The number of sulfonamides is 1. The highest BCUT2D eigenvalue weighted by Crippen LogP contribution is 2.48. The molecule has 1 aromatic heterocycles. The summed E-state index contributed by atoms with van der Waals surface area (Å²) >= 11 is 1.05. The molecule has 29 heavy (non-hydrogen) atoms. The van der Waals surface area contributed by atoms with Crippen molar-refractivity contribution in [3.63, 3.8) is 0 Å². The number of rotatable bonds is 6. The van der Waals surface area contributed by atoms with Gasteiger partial charge in [0.25, 0.3) is 21.8 Å². The zero-order valence-electron chi connectivity index (χ0n) is 14.5. The number of nitrogens with zero attached hydrogens (tertiary/aromatic N) is 1. The molecule has 0 unspecified atom stereocenters. The highest BCUT2D eigenvalue weighted by molar-refractivity contribution is 7.94. The van der Waals surface area contributed by atoms with Crippen molar-refractivity contribution in [2.75, 3.05) is 11.5 Å². The maximum absolute atomic E-state index is 12.5. The Morgan fingerprint density at radius 2 is 2.10 bits per heavy atom. The second-order valence-corrected chi connectivity index (χ2v) is 8.75. The van der Waals surface area contributed by atoms with Gasteiger partial charge in [0.2, 0.25) is 12.5 Å². The molecule has 150 valence electrons. The molecule has 3 N–H and O–H groups in total. The average Bonchev–Trinajstić information content (AvgIpc) is 3.40. The topological polar surface area (TPSA) is 143 Å². The molecular formula is C17H13N3O7S2. The Labute approximate surface area is 168 Å². The number of amides is 2. The van der Waals surface area contributed by atoms with Crippen LogP contribution in [0.4, 0.5) is 5.69 Å². The number of ether oxygens (including phenoxy) is 2. The van der Waals surface area contributed by atoms with Gasteiger partial charge in [-0.15, -0.1) is 11.3 Å². The second-order valence-electron chi connectivity index (χ2n) is 5.90. The summed E-state index contributed by atoms with van der Waals surface area (Å²) in [5.74, 6) is -1.33. The maximum Gasteiger partial charge on any atom is 0.276 e. The molecule has 3 heterocycles.